The number of anilines is 1. The quantitative estimate of drug-likeness (QED) is 0.382. The zero-order valence-electron chi connectivity index (χ0n) is 18.6. The highest BCUT2D eigenvalue weighted by Gasteiger charge is 2.29. The molecule has 3 aromatic carbocycles. The Labute approximate surface area is 202 Å². The third kappa shape index (κ3) is 5.66. The predicted molar refractivity (Wildman–Crippen MR) is 121 cm³/mol. The lowest BCUT2D eigenvalue weighted by molar-refractivity contribution is -0.176. The van der Waals surface area contributed by atoms with Gasteiger partial charge in [-0.15, -0.1) is 0 Å². The molecule has 1 aliphatic carbocycles. The summed E-state index contributed by atoms with van der Waals surface area (Å²) in [5.74, 6) is -2.11. The lowest BCUT2D eigenvalue weighted by atomic mass is 9.84. The predicted octanol–water partition coefficient (Wildman–Crippen LogP) is 4.34. The van der Waals surface area contributed by atoms with Crippen LogP contribution in [0.4, 0.5) is 18.9 Å². The molecule has 0 unspecified atom stereocenters. The number of carbonyl (C=O) groups is 4. The first-order chi connectivity index (χ1) is 17.1. The van der Waals surface area contributed by atoms with E-state index < -0.39 is 31.3 Å². The van der Waals surface area contributed by atoms with E-state index in [1.807, 2.05) is 0 Å². The Bertz CT molecular complexity index is 1350. The normalized spacial score (nSPS) is 12.5. The molecule has 0 spiro atoms. The van der Waals surface area contributed by atoms with Crippen LogP contribution < -0.4 is 5.32 Å². The summed E-state index contributed by atoms with van der Waals surface area (Å²) in [6.07, 6.45) is -4.43. The summed E-state index contributed by atoms with van der Waals surface area (Å²) in [6, 6.07) is 16.3. The Balaban J connectivity index is 1.32. The van der Waals surface area contributed by atoms with Crippen molar-refractivity contribution >= 4 is 29.1 Å². The molecule has 1 aliphatic rings. The largest absolute Gasteiger partial charge is 0.452 e. The number of carbonyl (C=O) groups excluding carboxylic acids is 4. The molecular formula is C26H18F3NO6. The maximum atomic E-state index is 12.8. The molecule has 4 rings (SSSR count). The molecule has 10 heteroatoms. The minimum atomic E-state index is -4.43. The van der Waals surface area contributed by atoms with Gasteiger partial charge in [0, 0.05) is 27.9 Å². The van der Waals surface area contributed by atoms with Crippen LogP contribution in [0, 0.1) is 0 Å². The van der Waals surface area contributed by atoms with E-state index in [0.29, 0.717) is 11.1 Å². The molecule has 0 atom stereocenters. The smallest absolute Gasteiger partial charge is 0.411 e. The van der Waals surface area contributed by atoms with Gasteiger partial charge < -0.3 is 14.8 Å². The third-order valence-electron chi connectivity index (χ3n) is 5.27. The van der Waals surface area contributed by atoms with E-state index in [2.05, 4.69) is 10.1 Å². The summed E-state index contributed by atoms with van der Waals surface area (Å²) in [5, 5.41) is 2.51. The van der Waals surface area contributed by atoms with Crippen molar-refractivity contribution in [1.29, 1.82) is 0 Å². The summed E-state index contributed by atoms with van der Waals surface area (Å²) in [6.45, 7) is -2.28. The van der Waals surface area contributed by atoms with Crippen LogP contribution in [-0.4, -0.2) is 42.8 Å². The number of nitrogens with one attached hydrogen (secondary N) is 1. The molecule has 1 amide bonds. The minimum Gasteiger partial charge on any atom is -0.452 e. The molecule has 3 aromatic rings. The van der Waals surface area contributed by atoms with Gasteiger partial charge in [-0.1, -0.05) is 36.4 Å². The number of benzene rings is 3. The SMILES string of the molecule is O=C(COC(=O)c1ccc(COCC(F)(F)F)cc1)Nc1ccc2c(c1)C(=O)c1ccccc1C2=O. The molecule has 0 fully saturated rings. The summed E-state index contributed by atoms with van der Waals surface area (Å²) in [7, 11) is 0. The van der Waals surface area contributed by atoms with E-state index in [1.54, 1.807) is 24.3 Å². The second kappa shape index (κ2) is 10.1. The van der Waals surface area contributed by atoms with Crippen molar-refractivity contribution in [2.45, 2.75) is 12.8 Å². The lowest BCUT2D eigenvalue weighted by Gasteiger charge is -2.18. The van der Waals surface area contributed by atoms with Gasteiger partial charge in [-0.25, -0.2) is 4.79 Å². The fourth-order valence-corrected chi connectivity index (χ4v) is 3.61. The van der Waals surface area contributed by atoms with Crippen molar-refractivity contribution in [2.24, 2.45) is 0 Å². The van der Waals surface area contributed by atoms with Gasteiger partial charge in [0.05, 0.1) is 12.2 Å². The van der Waals surface area contributed by atoms with Gasteiger partial charge in [-0.05, 0) is 35.9 Å². The summed E-state index contributed by atoms with van der Waals surface area (Å²) in [5.41, 5.74) is 1.77. The van der Waals surface area contributed by atoms with Gasteiger partial charge in [0.15, 0.2) is 18.2 Å². The number of rotatable bonds is 7. The van der Waals surface area contributed by atoms with Gasteiger partial charge in [-0.3, -0.25) is 14.4 Å². The molecule has 7 nitrogen and oxygen atoms in total. The van der Waals surface area contributed by atoms with Crippen LogP contribution in [0.15, 0.2) is 66.7 Å². The van der Waals surface area contributed by atoms with Crippen LogP contribution in [0.1, 0.15) is 47.8 Å². The summed E-state index contributed by atoms with van der Waals surface area (Å²) >= 11 is 0. The van der Waals surface area contributed by atoms with E-state index in [9.17, 15) is 32.3 Å². The van der Waals surface area contributed by atoms with Crippen LogP contribution in [0.2, 0.25) is 0 Å². The first-order valence-electron chi connectivity index (χ1n) is 10.7. The molecule has 36 heavy (non-hydrogen) atoms. The molecule has 184 valence electrons. The molecule has 0 radical (unpaired) electrons. The summed E-state index contributed by atoms with van der Waals surface area (Å²) < 4.78 is 45.9. The van der Waals surface area contributed by atoms with Crippen LogP contribution >= 0.6 is 0 Å². The first kappa shape index (κ1) is 24.8. The molecule has 0 heterocycles. The third-order valence-corrected chi connectivity index (χ3v) is 5.27. The molecule has 0 saturated heterocycles. The van der Waals surface area contributed by atoms with Crippen molar-refractivity contribution in [3.05, 3.63) is 100 Å². The van der Waals surface area contributed by atoms with Crippen molar-refractivity contribution in [1.82, 2.24) is 0 Å². The fraction of sp³-hybridized carbons (Fsp3) is 0.154. The van der Waals surface area contributed by atoms with E-state index in [-0.39, 0.29) is 46.1 Å². The minimum absolute atomic E-state index is 0.0962. The monoisotopic (exact) mass is 497 g/mol. The van der Waals surface area contributed by atoms with Crippen LogP contribution in [0.3, 0.4) is 0 Å². The number of fused-ring (bicyclic) bond motifs is 2. The van der Waals surface area contributed by atoms with Crippen LogP contribution in [-0.2, 0) is 20.9 Å². The second-order valence-corrected chi connectivity index (χ2v) is 7.89. The topological polar surface area (TPSA) is 98.8 Å². The average molecular weight is 497 g/mol. The Morgan fingerprint density at radius 2 is 1.42 bits per heavy atom. The van der Waals surface area contributed by atoms with Crippen molar-refractivity contribution in [2.75, 3.05) is 18.5 Å². The van der Waals surface area contributed by atoms with Gasteiger partial charge in [0.25, 0.3) is 5.91 Å². The Kier molecular flexibility index (Phi) is 6.98. The van der Waals surface area contributed by atoms with E-state index in [0.717, 1.165) is 0 Å². The fourth-order valence-electron chi connectivity index (χ4n) is 3.61. The maximum absolute atomic E-state index is 12.8. The standard InChI is InChI=1S/C26H18F3NO6/c27-26(28,29)14-35-12-15-5-7-16(8-6-15)25(34)36-13-22(31)30-17-9-10-20-21(11-17)24(33)19-4-2-1-3-18(19)23(20)32/h1-11H,12-14H2,(H,30,31). The molecule has 0 saturated carbocycles. The Hall–Kier alpha value is -4.31. The number of amides is 1. The second-order valence-electron chi connectivity index (χ2n) is 7.89. The van der Waals surface area contributed by atoms with Crippen molar-refractivity contribution in [3.63, 3.8) is 0 Å². The van der Waals surface area contributed by atoms with Gasteiger partial charge >= 0.3 is 12.1 Å². The van der Waals surface area contributed by atoms with Gasteiger partial charge in [-0.2, -0.15) is 13.2 Å². The van der Waals surface area contributed by atoms with Gasteiger partial charge in [0.1, 0.15) is 6.61 Å². The van der Waals surface area contributed by atoms with Crippen molar-refractivity contribution < 1.29 is 41.8 Å². The Morgan fingerprint density at radius 3 is 2.06 bits per heavy atom. The highest BCUT2D eigenvalue weighted by atomic mass is 19.4. The Morgan fingerprint density at radius 1 is 0.806 bits per heavy atom. The van der Waals surface area contributed by atoms with Crippen LogP contribution in [0.5, 0.6) is 0 Å². The van der Waals surface area contributed by atoms with E-state index >= 15 is 0 Å². The lowest BCUT2D eigenvalue weighted by Crippen LogP contribution is -2.23. The number of esters is 1. The molecular weight excluding hydrogens is 479 g/mol. The van der Waals surface area contributed by atoms with Crippen LogP contribution in [0.25, 0.3) is 0 Å². The first-order valence-corrected chi connectivity index (χ1v) is 10.7. The number of ketones is 2. The number of alkyl halides is 3. The number of halogens is 3. The average Bonchev–Trinajstić information content (AvgIpc) is 2.85. The highest BCUT2D eigenvalue weighted by Crippen LogP contribution is 2.29. The van der Waals surface area contributed by atoms with Crippen molar-refractivity contribution in [3.8, 4) is 0 Å². The van der Waals surface area contributed by atoms with E-state index in [4.69, 9.17) is 4.74 Å². The highest BCUT2D eigenvalue weighted by molar-refractivity contribution is 6.28. The number of hydrogen-bond acceptors (Lipinski definition) is 6. The summed E-state index contributed by atoms with van der Waals surface area (Å²) in [4.78, 5) is 49.9. The van der Waals surface area contributed by atoms with E-state index in [1.165, 1.54) is 42.5 Å². The van der Waals surface area contributed by atoms with Gasteiger partial charge in [0.2, 0.25) is 0 Å². The number of hydrogen-bond donors (Lipinski definition) is 1. The number of ether oxygens (including phenoxy) is 2. The molecule has 0 aliphatic heterocycles. The molecule has 1 N–H and O–H groups in total. The zero-order valence-corrected chi connectivity index (χ0v) is 18.6. The molecule has 0 bridgehead atoms. The maximum Gasteiger partial charge on any atom is 0.411 e. The molecule has 0 aromatic heterocycles. The zero-order chi connectivity index (χ0) is 25.9.